The Bertz CT molecular complexity index is 934. The van der Waals surface area contributed by atoms with Crippen molar-refractivity contribution in [2.45, 2.75) is 19.2 Å². The van der Waals surface area contributed by atoms with Gasteiger partial charge in [0.25, 0.3) is 5.56 Å². The number of nitrogens with zero attached hydrogens (tertiary/aromatic N) is 1. The van der Waals surface area contributed by atoms with E-state index >= 15 is 0 Å². The first-order chi connectivity index (χ1) is 11.5. The molecule has 0 saturated carbocycles. The lowest BCUT2D eigenvalue weighted by molar-refractivity contribution is 0.939. The van der Waals surface area contributed by atoms with E-state index < -0.39 is 0 Å². The molecule has 2 aromatic heterocycles. The summed E-state index contributed by atoms with van der Waals surface area (Å²) in [6.45, 7) is 2.60. The molecule has 124 valence electrons. The molecule has 1 aromatic carbocycles. The maximum atomic E-state index is 12.0. The molecule has 0 atom stereocenters. The number of aromatic amines is 1. The van der Waals surface area contributed by atoms with Gasteiger partial charge in [-0.15, -0.1) is 11.3 Å². The number of rotatable bonds is 4. The number of aryl methyl sites for hydroxylation is 1. The predicted octanol–water partition coefficient (Wildman–Crippen LogP) is 4.25. The molecule has 0 aliphatic heterocycles. The lowest BCUT2D eigenvalue weighted by atomic mass is 10.2. The van der Waals surface area contributed by atoms with Gasteiger partial charge in [-0.25, -0.2) is 4.98 Å². The quantitative estimate of drug-likeness (QED) is 0.646. The third kappa shape index (κ3) is 4.36. The van der Waals surface area contributed by atoms with Crippen LogP contribution in [0.2, 0.25) is 5.02 Å². The molecule has 0 amide bonds. The molecule has 0 spiro atoms. The summed E-state index contributed by atoms with van der Waals surface area (Å²) in [6.07, 6.45) is 0. The first-order valence-electron chi connectivity index (χ1n) is 7.15. The molecule has 24 heavy (non-hydrogen) atoms. The Balaban J connectivity index is 1.58. The van der Waals surface area contributed by atoms with Crippen molar-refractivity contribution in [1.29, 1.82) is 0 Å². The van der Waals surface area contributed by atoms with Crippen LogP contribution in [0, 0.1) is 6.92 Å². The maximum Gasteiger partial charge on any atom is 0.259 e. The number of aromatic nitrogens is 2. The van der Waals surface area contributed by atoms with Crippen LogP contribution in [0.5, 0.6) is 0 Å². The number of thiocarbonyl (C=S) groups is 1. The number of thiophene rings is 1. The van der Waals surface area contributed by atoms with Gasteiger partial charge in [-0.2, -0.15) is 0 Å². The van der Waals surface area contributed by atoms with E-state index in [1.165, 1.54) is 23.1 Å². The van der Waals surface area contributed by atoms with Crippen LogP contribution < -0.4 is 10.9 Å². The molecule has 0 aliphatic rings. The van der Waals surface area contributed by atoms with E-state index in [1.54, 1.807) is 0 Å². The molecule has 2 heterocycles. The second kappa shape index (κ2) is 7.65. The van der Waals surface area contributed by atoms with Crippen molar-refractivity contribution < 1.29 is 0 Å². The number of thioether (sulfide) groups is 1. The van der Waals surface area contributed by atoms with E-state index in [9.17, 15) is 4.79 Å². The van der Waals surface area contributed by atoms with Crippen molar-refractivity contribution in [2.24, 2.45) is 0 Å². The summed E-state index contributed by atoms with van der Waals surface area (Å²) in [6, 6.07) is 9.47. The average molecular weight is 396 g/mol. The summed E-state index contributed by atoms with van der Waals surface area (Å²) in [4.78, 5) is 21.2. The minimum absolute atomic E-state index is 0.0972. The van der Waals surface area contributed by atoms with E-state index in [2.05, 4.69) is 15.3 Å². The van der Waals surface area contributed by atoms with Crippen molar-refractivity contribution in [3.8, 4) is 0 Å². The van der Waals surface area contributed by atoms with E-state index in [4.69, 9.17) is 23.8 Å². The first-order valence-corrected chi connectivity index (χ1v) is 9.74. The lowest BCUT2D eigenvalue weighted by Gasteiger charge is -2.07. The van der Waals surface area contributed by atoms with Crippen molar-refractivity contribution in [3.63, 3.8) is 0 Å². The molecule has 3 rings (SSSR count). The van der Waals surface area contributed by atoms with Crippen LogP contribution in [-0.4, -0.2) is 14.3 Å². The van der Waals surface area contributed by atoms with Gasteiger partial charge in [0.2, 0.25) is 0 Å². The van der Waals surface area contributed by atoms with Gasteiger partial charge < -0.3 is 10.3 Å². The molecule has 0 bridgehead atoms. The van der Waals surface area contributed by atoms with Crippen molar-refractivity contribution in [3.05, 3.63) is 62.0 Å². The van der Waals surface area contributed by atoms with E-state index in [-0.39, 0.29) is 5.56 Å². The summed E-state index contributed by atoms with van der Waals surface area (Å²) in [7, 11) is 0. The van der Waals surface area contributed by atoms with Crippen molar-refractivity contribution in [1.82, 2.24) is 15.3 Å². The van der Waals surface area contributed by atoms with Gasteiger partial charge in [0.1, 0.15) is 15.0 Å². The largest absolute Gasteiger partial charge is 0.367 e. The summed E-state index contributed by atoms with van der Waals surface area (Å²) in [5.74, 6) is 1.16. The van der Waals surface area contributed by atoms with E-state index in [0.29, 0.717) is 32.9 Å². The van der Waals surface area contributed by atoms with Gasteiger partial charge in [-0.3, -0.25) is 4.79 Å². The van der Waals surface area contributed by atoms with Gasteiger partial charge in [-0.1, -0.05) is 47.7 Å². The predicted molar refractivity (Wildman–Crippen MR) is 107 cm³/mol. The topological polar surface area (TPSA) is 57.8 Å². The maximum absolute atomic E-state index is 12.0. The number of hydrogen-bond acceptors (Lipinski definition) is 5. The minimum atomic E-state index is -0.0972. The second-order valence-corrected chi connectivity index (χ2v) is 8.47. The number of benzene rings is 1. The number of fused-ring (bicyclic) bond motifs is 1. The zero-order chi connectivity index (χ0) is 17.1. The number of H-pyrrole nitrogens is 1. The highest BCUT2D eigenvalue weighted by Gasteiger charge is 2.08. The second-order valence-electron chi connectivity index (χ2n) is 5.14. The Morgan fingerprint density at radius 3 is 2.92 bits per heavy atom. The lowest BCUT2D eigenvalue weighted by Crippen LogP contribution is -2.18. The fraction of sp³-hybridized carbons (Fsp3) is 0.188. The summed E-state index contributed by atoms with van der Waals surface area (Å²) < 4.78 is 0.662. The normalized spacial score (nSPS) is 10.9. The SMILES string of the molecule is Cc1cc2c(=O)[nH]c(CSC(=S)NCc3ccc(Cl)cc3)nc2s1. The molecule has 0 fully saturated rings. The zero-order valence-electron chi connectivity index (χ0n) is 12.8. The highest BCUT2D eigenvalue weighted by molar-refractivity contribution is 8.22. The molecule has 4 nitrogen and oxygen atoms in total. The monoisotopic (exact) mass is 395 g/mol. The highest BCUT2D eigenvalue weighted by Crippen LogP contribution is 2.21. The highest BCUT2D eigenvalue weighted by atomic mass is 35.5. The third-order valence-corrected chi connectivity index (χ3v) is 5.78. The smallest absolute Gasteiger partial charge is 0.259 e. The van der Waals surface area contributed by atoms with Gasteiger partial charge in [-0.05, 0) is 30.7 Å². The molecule has 0 saturated heterocycles. The van der Waals surface area contributed by atoms with Crippen LogP contribution in [0.25, 0.3) is 10.2 Å². The van der Waals surface area contributed by atoms with Gasteiger partial charge in [0.05, 0.1) is 11.1 Å². The average Bonchev–Trinajstić information content (AvgIpc) is 2.93. The summed E-state index contributed by atoms with van der Waals surface area (Å²) >= 11 is 14.1. The molecule has 0 unspecified atom stereocenters. The van der Waals surface area contributed by atoms with Crippen LogP contribution in [0.3, 0.4) is 0 Å². The Morgan fingerprint density at radius 1 is 1.42 bits per heavy atom. The summed E-state index contributed by atoms with van der Waals surface area (Å²) in [5.41, 5.74) is 1.00. The Labute approximate surface area is 157 Å². The van der Waals surface area contributed by atoms with E-state index in [0.717, 1.165) is 15.3 Å². The Morgan fingerprint density at radius 2 is 2.17 bits per heavy atom. The number of halogens is 1. The van der Waals surface area contributed by atoms with Crippen LogP contribution in [0.4, 0.5) is 0 Å². The number of hydrogen-bond donors (Lipinski definition) is 2. The zero-order valence-corrected chi connectivity index (χ0v) is 16.0. The summed E-state index contributed by atoms with van der Waals surface area (Å²) in [5, 5.41) is 4.54. The van der Waals surface area contributed by atoms with Gasteiger partial charge in [0.15, 0.2) is 0 Å². The fourth-order valence-electron chi connectivity index (χ4n) is 2.13. The molecular formula is C16H14ClN3OS3. The molecular weight excluding hydrogens is 382 g/mol. The molecule has 3 aromatic rings. The third-order valence-electron chi connectivity index (χ3n) is 3.26. The van der Waals surface area contributed by atoms with Crippen molar-refractivity contribution >= 4 is 61.5 Å². The van der Waals surface area contributed by atoms with Gasteiger partial charge >= 0.3 is 0 Å². The molecule has 2 N–H and O–H groups in total. The molecule has 8 heteroatoms. The fourth-order valence-corrected chi connectivity index (χ4v) is 3.98. The van der Waals surface area contributed by atoms with Gasteiger partial charge in [0, 0.05) is 16.4 Å². The molecule has 0 radical (unpaired) electrons. The first kappa shape index (κ1) is 17.4. The van der Waals surface area contributed by atoms with Crippen LogP contribution in [0.15, 0.2) is 35.1 Å². The Kier molecular flexibility index (Phi) is 5.55. The van der Waals surface area contributed by atoms with Crippen LogP contribution >= 0.6 is 46.9 Å². The number of nitrogens with one attached hydrogen (secondary N) is 2. The minimum Gasteiger partial charge on any atom is -0.367 e. The van der Waals surface area contributed by atoms with Crippen LogP contribution in [-0.2, 0) is 12.3 Å². The van der Waals surface area contributed by atoms with Crippen molar-refractivity contribution in [2.75, 3.05) is 0 Å². The van der Waals surface area contributed by atoms with Crippen LogP contribution in [0.1, 0.15) is 16.3 Å². The standard InChI is InChI=1S/C16H14ClN3OS3/c1-9-6-12-14(21)19-13(20-15(12)24-9)8-23-16(22)18-7-10-2-4-11(17)5-3-10/h2-6H,7-8H2,1H3,(H,18,22)(H,19,20,21). The van der Waals surface area contributed by atoms with E-state index in [1.807, 2.05) is 37.3 Å². The Hall–Kier alpha value is -1.41. The molecule has 0 aliphatic carbocycles.